The molecule has 0 fully saturated rings. The number of hydrogen-bond acceptors (Lipinski definition) is 3. The molecule has 1 aliphatic rings. The number of rotatable bonds is 3. The zero-order valence-electron chi connectivity index (χ0n) is 12.9. The Morgan fingerprint density at radius 2 is 1.84 bits per heavy atom. The Morgan fingerprint density at radius 3 is 2.48 bits per heavy atom. The number of sulfonamides is 1. The summed E-state index contributed by atoms with van der Waals surface area (Å²) in [5, 5.41) is 10.9. The van der Waals surface area contributed by atoms with Crippen LogP contribution in [-0.4, -0.2) is 31.0 Å². The molecule has 9 heteroatoms. The molecule has 25 heavy (non-hydrogen) atoms. The van der Waals surface area contributed by atoms with Gasteiger partial charge < -0.3 is 5.11 Å². The lowest BCUT2D eigenvalue weighted by molar-refractivity contribution is 0.113. The Labute approximate surface area is 159 Å². The third-order valence-corrected chi connectivity index (χ3v) is 7.11. The van der Waals surface area contributed by atoms with Crippen molar-refractivity contribution < 1.29 is 17.9 Å². The third-order valence-electron chi connectivity index (χ3n) is 4.23. The van der Waals surface area contributed by atoms with Gasteiger partial charge in [0.1, 0.15) is 10.7 Å². The standard InChI is InChI=1S/C16H13Cl3FNO3S/c1-21(25(23,24)15-3-2-9(20)6-13(15)19)16-11-4-8(17)5-12(18)10(11)7-14(16)22/h2-6,14,16,22H,7H2,1H3/t14-,16+/m1/s1. The summed E-state index contributed by atoms with van der Waals surface area (Å²) in [4.78, 5) is -0.244. The lowest BCUT2D eigenvalue weighted by atomic mass is 10.1. The van der Waals surface area contributed by atoms with E-state index in [1.807, 2.05) is 0 Å². The van der Waals surface area contributed by atoms with Gasteiger partial charge in [-0.2, -0.15) is 4.31 Å². The topological polar surface area (TPSA) is 57.6 Å². The van der Waals surface area contributed by atoms with Gasteiger partial charge in [0.15, 0.2) is 0 Å². The van der Waals surface area contributed by atoms with Gasteiger partial charge in [0.2, 0.25) is 10.0 Å². The number of aliphatic hydroxyl groups excluding tert-OH is 1. The molecule has 0 saturated carbocycles. The number of benzene rings is 2. The maximum Gasteiger partial charge on any atom is 0.244 e. The summed E-state index contributed by atoms with van der Waals surface area (Å²) < 4.78 is 40.1. The van der Waals surface area contributed by atoms with E-state index in [1.165, 1.54) is 7.05 Å². The SMILES string of the molecule is CN([C@H]1c2cc(Cl)cc(Cl)c2C[C@H]1O)S(=O)(=O)c1ccc(F)cc1Cl. The molecule has 2 aromatic rings. The van der Waals surface area contributed by atoms with E-state index in [-0.39, 0.29) is 16.3 Å². The first kappa shape index (κ1) is 18.9. The largest absolute Gasteiger partial charge is 0.391 e. The van der Waals surface area contributed by atoms with Crippen molar-refractivity contribution in [1.82, 2.24) is 4.31 Å². The molecule has 1 N–H and O–H groups in total. The minimum absolute atomic E-state index is 0.201. The smallest absolute Gasteiger partial charge is 0.244 e. The molecule has 0 aromatic heterocycles. The van der Waals surface area contributed by atoms with Crippen molar-refractivity contribution in [2.24, 2.45) is 0 Å². The van der Waals surface area contributed by atoms with Crippen molar-refractivity contribution in [3.8, 4) is 0 Å². The van der Waals surface area contributed by atoms with E-state index < -0.39 is 28.0 Å². The molecule has 4 nitrogen and oxygen atoms in total. The van der Waals surface area contributed by atoms with Gasteiger partial charge in [-0.15, -0.1) is 0 Å². The highest BCUT2D eigenvalue weighted by Gasteiger charge is 2.41. The molecule has 1 aliphatic carbocycles. The van der Waals surface area contributed by atoms with Crippen LogP contribution in [0.15, 0.2) is 35.2 Å². The van der Waals surface area contributed by atoms with E-state index in [0.29, 0.717) is 21.2 Å². The molecule has 0 spiro atoms. The van der Waals surface area contributed by atoms with E-state index in [2.05, 4.69) is 0 Å². The average molecular weight is 425 g/mol. The molecule has 2 aromatic carbocycles. The monoisotopic (exact) mass is 423 g/mol. The van der Waals surface area contributed by atoms with Crippen molar-refractivity contribution in [2.45, 2.75) is 23.5 Å². The van der Waals surface area contributed by atoms with E-state index in [1.54, 1.807) is 12.1 Å². The predicted molar refractivity (Wildman–Crippen MR) is 95.3 cm³/mol. The highest BCUT2D eigenvalue weighted by atomic mass is 35.5. The van der Waals surface area contributed by atoms with Crippen LogP contribution in [0.5, 0.6) is 0 Å². The van der Waals surface area contributed by atoms with Crippen molar-refractivity contribution in [3.63, 3.8) is 0 Å². The molecule has 0 aliphatic heterocycles. The van der Waals surface area contributed by atoms with Crippen LogP contribution in [0.3, 0.4) is 0 Å². The molecule has 0 radical (unpaired) electrons. The first-order valence-corrected chi connectivity index (χ1v) is 9.79. The van der Waals surface area contributed by atoms with Crippen LogP contribution in [0, 0.1) is 5.82 Å². The van der Waals surface area contributed by atoms with Gasteiger partial charge in [0, 0.05) is 23.5 Å². The molecule has 3 rings (SSSR count). The Balaban J connectivity index is 2.08. The lowest BCUT2D eigenvalue weighted by Crippen LogP contribution is -2.36. The van der Waals surface area contributed by atoms with Crippen LogP contribution < -0.4 is 0 Å². The zero-order chi connectivity index (χ0) is 18.5. The molecule has 2 atom stereocenters. The second-order valence-electron chi connectivity index (χ2n) is 5.77. The Kier molecular flexibility index (Phi) is 5.05. The van der Waals surface area contributed by atoms with E-state index in [9.17, 15) is 17.9 Å². The zero-order valence-corrected chi connectivity index (χ0v) is 16.0. The van der Waals surface area contributed by atoms with E-state index >= 15 is 0 Å². The number of nitrogens with zero attached hydrogens (tertiary/aromatic N) is 1. The fourth-order valence-electron chi connectivity index (χ4n) is 3.06. The number of halogens is 4. The van der Waals surface area contributed by atoms with Crippen LogP contribution >= 0.6 is 34.8 Å². The molecule has 0 bridgehead atoms. The fraction of sp³-hybridized carbons (Fsp3) is 0.250. The van der Waals surface area contributed by atoms with E-state index in [0.717, 1.165) is 22.5 Å². The molecular weight excluding hydrogens is 412 g/mol. The fourth-order valence-corrected chi connectivity index (χ4v) is 5.51. The van der Waals surface area contributed by atoms with Gasteiger partial charge in [-0.25, -0.2) is 12.8 Å². The Morgan fingerprint density at radius 1 is 1.16 bits per heavy atom. The molecule has 134 valence electrons. The molecule has 0 unspecified atom stereocenters. The number of hydrogen-bond donors (Lipinski definition) is 1. The second kappa shape index (κ2) is 6.68. The van der Waals surface area contributed by atoms with Gasteiger partial charge in [-0.05, 0) is 41.5 Å². The van der Waals surface area contributed by atoms with Gasteiger partial charge in [-0.3, -0.25) is 0 Å². The number of aliphatic hydroxyl groups is 1. The maximum atomic E-state index is 13.2. The number of likely N-dealkylation sites (N-methyl/N-ethyl adjacent to an activating group) is 1. The lowest BCUT2D eigenvalue weighted by Gasteiger charge is -2.27. The van der Waals surface area contributed by atoms with Crippen LogP contribution in [-0.2, 0) is 16.4 Å². The Bertz CT molecular complexity index is 952. The van der Waals surface area contributed by atoms with E-state index in [4.69, 9.17) is 34.8 Å². The summed E-state index contributed by atoms with van der Waals surface area (Å²) in [6, 6.07) is 5.28. The first-order chi connectivity index (χ1) is 11.6. The van der Waals surface area contributed by atoms with Crippen LogP contribution in [0.25, 0.3) is 0 Å². The summed E-state index contributed by atoms with van der Waals surface area (Å²) in [6.07, 6.45) is -0.794. The second-order valence-corrected chi connectivity index (χ2v) is 8.98. The van der Waals surface area contributed by atoms with Crippen molar-refractivity contribution in [3.05, 3.63) is 62.3 Å². The third kappa shape index (κ3) is 3.27. The van der Waals surface area contributed by atoms with Crippen LogP contribution in [0.4, 0.5) is 4.39 Å². The summed E-state index contributed by atoms with van der Waals surface area (Å²) in [7, 11) is -2.76. The van der Waals surface area contributed by atoms with Crippen molar-refractivity contribution >= 4 is 44.8 Å². The van der Waals surface area contributed by atoms with Crippen LogP contribution in [0.1, 0.15) is 17.2 Å². The van der Waals surface area contributed by atoms with Crippen LogP contribution in [0.2, 0.25) is 15.1 Å². The Hall–Kier alpha value is -0.890. The summed E-state index contributed by atoms with van der Waals surface area (Å²) >= 11 is 18.1. The average Bonchev–Trinajstić information content (AvgIpc) is 2.82. The maximum absolute atomic E-state index is 13.2. The molecule has 0 amide bonds. The normalized spacial score (nSPS) is 20.1. The highest BCUT2D eigenvalue weighted by molar-refractivity contribution is 7.89. The minimum atomic E-state index is -4.08. The van der Waals surface area contributed by atoms with Gasteiger partial charge in [0.05, 0.1) is 17.2 Å². The summed E-state index contributed by atoms with van der Waals surface area (Å²) in [5.41, 5.74) is 1.19. The predicted octanol–water partition coefficient (Wildman–Crippen LogP) is 4.06. The molecular formula is C16H13Cl3FNO3S. The summed E-state index contributed by atoms with van der Waals surface area (Å²) in [5.74, 6) is -0.642. The summed E-state index contributed by atoms with van der Waals surface area (Å²) in [6.45, 7) is 0. The van der Waals surface area contributed by atoms with Crippen molar-refractivity contribution in [2.75, 3.05) is 7.05 Å². The highest BCUT2D eigenvalue weighted by Crippen LogP contribution is 2.42. The first-order valence-electron chi connectivity index (χ1n) is 7.22. The van der Waals surface area contributed by atoms with Gasteiger partial charge in [0.25, 0.3) is 0 Å². The van der Waals surface area contributed by atoms with Gasteiger partial charge in [-0.1, -0.05) is 34.8 Å². The van der Waals surface area contributed by atoms with Gasteiger partial charge >= 0.3 is 0 Å². The van der Waals surface area contributed by atoms with Crippen molar-refractivity contribution in [1.29, 1.82) is 0 Å². The quantitative estimate of drug-likeness (QED) is 0.808. The molecule has 0 heterocycles. The minimum Gasteiger partial charge on any atom is -0.391 e. The number of fused-ring (bicyclic) bond motifs is 1. The molecule has 0 saturated heterocycles.